The van der Waals surface area contributed by atoms with Gasteiger partial charge in [0.25, 0.3) is 0 Å². The highest BCUT2D eigenvalue weighted by atomic mass is 16.5. The van der Waals surface area contributed by atoms with Crippen molar-refractivity contribution >= 4 is 0 Å². The third kappa shape index (κ3) is 7.92. The molecule has 0 unspecified atom stereocenters. The van der Waals surface area contributed by atoms with Crippen LogP contribution in [0.1, 0.15) is 26.2 Å². The zero-order valence-electron chi connectivity index (χ0n) is 7.15. The van der Waals surface area contributed by atoms with Crippen LogP contribution in [0.5, 0.6) is 0 Å². The molecule has 0 spiro atoms. The van der Waals surface area contributed by atoms with E-state index in [4.69, 9.17) is 4.74 Å². The van der Waals surface area contributed by atoms with Gasteiger partial charge in [-0.15, -0.1) is 0 Å². The Morgan fingerprint density at radius 3 is 2.60 bits per heavy atom. The summed E-state index contributed by atoms with van der Waals surface area (Å²) in [6.07, 6.45) is 3.92. The van der Waals surface area contributed by atoms with Crippen molar-refractivity contribution < 1.29 is 4.74 Å². The Hall–Kier alpha value is -0.0800. The van der Waals surface area contributed by atoms with Crippen LogP contribution in [0.25, 0.3) is 0 Å². The van der Waals surface area contributed by atoms with Crippen molar-refractivity contribution in [1.82, 2.24) is 5.32 Å². The predicted molar refractivity (Wildman–Crippen MR) is 44.3 cm³/mol. The third-order valence-corrected chi connectivity index (χ3v) is 1.44. The van der Waals surface area contributed by atoms with Gasteiger partial charge < -0.3 is 10.1 Å². The minimum atomic E-state index is 0.826. The number of hydrogen-bond acceptors (Lipinski definition) is 2. The molecule has 0 aliphatic carbocycles. The minimum absolute atomic E-state index is 0.826. The maximum atomic E-state index is 4.89. The summed E-state index contributed by atoms with van der Waals surface area (Å²) < 4.78 is 4.89. The van der Waals surface area contributed by atoms with Crippen molar-refractivity contribution in [1.29, 1.82) is 0 Å². The lowest BCUT2D eigenvalue weighted by atomic mass is 10.2. The minimum Gasteiger partial charge on any atom is -0.383 e. The summed E-state index contributed by atoms with van der Waals surface area (Å²) in [4.78, 5) is 0. The molecule has 0 saturated carbocycles. The molecular weight excluding hydrogens is 126 g/mol. The molecule has 0 atom stereocenters. The quantitative estimate of drug-likeness (QED) is 0.547. The van der Waals surface area contributed by atoms with E-state index >= 15 is 0 Å². The number of hydrogen-bond donors (Lipinski definition) is 1. The molecule has 2 heteroatoms. The molecule has 0 heterocycles. The summed E-state index contributed by atoms with van der Waals surface area (Å²) in [7, 11) is 1.73. The van der Waals surface area contributed by atoms with E-state index in [1.54, 1.807) is 7.11 Å². The summed E-state index contributed by atoms with van der Waals surface area (Å²) in [5.74, 6) is 0. The van der Waals surface area contributed by atoms with Crippen molar-refractivity contribution in [2.24, 2.45) is 0 Å². The average molecular weight is 145 g/mol. The van der Waals surface area contributed by atoms with E-state index in [1.807, 2.05) is 0 Å². The van der Waals surface area contributed by atoms with Gasteiger partial charge >= 0.3 is 0 Å². The van der Waals surface area contributed by atoms with Gasteiger partial charge in [-0.2, -0.15) is 0 Å². The van der Waals surface area contributed by atoms with Crippen LogP contribution in [0, 0.1) is 0 Å². The second kappa shape index (κ2) is 8.92. The largest absolute Gasteiger partial charge is 0.383 e. The fourth-order valence-electron chi connectivity index (χ4n) is 0.799. The van der Waals surface area contributed by atoms with Crippen molar-refractivity contribution in [2.75, 3.05) is 26.8 Å². The van der Waals surface area contributed by atoms with Gasteiger partial charge in [0.15, 0.2) is 0 Å². The SMILES string of the molecule is CCCCCNCCOC. The number of ether oxygens (including phenoxy) is 1. The Bertz CT molecular complexity index is 49.2. The maximum Gasteiger partial charge on any atom is 0.0587 e. The predicted octanol–water partition coefficient (Wildman–Crippen LogP) is 1.41. The van der Waals surface area contributed by atoms with Crippen LogP contribution in [0.3, 0.4) is 0 Å². The molecule has 0 aliphatic rings. The molecule has 0 aromatic rings. The first kappa shape index (κ1) is 9.92. The molecule has 0 radical (unpaired) electrons. The molecule has 0 aromatic carbocycles. The summed E-state index contributed by atoms with van der Waals surface area (Å²) in [6.45, 7) is 5.17. The zero-order chi connectivity index (χ0) is 7.66. The fourth-order valence-corrected chi connectivity index (χ4v) is 0.799. The Morgan fingerprint density at radius 1 is 1.20 bits per heavy atom. The number of nitrogens with one attached hydrogen (secondary N) is 1. The maximum absolute atomic E-state index is 4.89. The van der Waals surface area contributed by atoms with E-state index in [9.17, 15) is 0 Å². The molecular formula is C8H19NO. The summed E-state index contributed by atoms with van der Waals surface area (Å²) in [5.41, 5.74) is 0. The smallest absolute Gasteiger partial charge is 0.0587 e. The van der Waals surface area contributed by atoms with E-state index in [2.05, 4.69) is 12.2 Å². The topological polar surface area (TPSA) is 21.3 Å². The van der Waals surface area contributed by atoms with Crippen molar-refractivity contribution in [3.63, 3.8) is 0 Å². The summed E-state index contributed by atoms with van der Waals surface area (Å²) in [6, 6.07) is 0. The van der Waals surface area contributed by atoms with Gasteiger partial charge in [0.2, 0.25) is 0 Å². The Morgan fingerprint density at radius 2 is 2.00 bits per heavy atom. The molecule has 0 amide bonds. The van der Waals surface area contributed by atoms with Crippen molar-refractivity contribution in [3.05, 3.63) is 0 Å². The van der Waals surface area contributed by atoms with Crippen molar-refractivity contribution in [3.8, 4) is 0 Å². The summed E-state index contributed by atoms with van der Waals surface area (Å²) >= 11 is 0. The third-order valence-electron chi connectivity index (χ3n) is 1.44. The molecule has 2 nitrogen and oxygen atoms in total. The van der Waals surface area contributed by atoms with E-state index in [0.717, 1.165) is 19.7 Å². The van der Waals surface area contributed by atoms with Gasteiger partial charge in [-0.05, 0) is 13.0 Å². The molecule has 0 saturated heterocycles. The van der Waals surface area contributed by atoms with Crippen molar-refractivity contribution in [2.45, 2.75) is 26.2 Å². The highest BCUT2D eigenvalue weighted by molar-refractivity contribution is 4.45. The van der Waals surface area contributed by atoms with Crippen LogP contribution in [0.4, 0.5) is 0 Å². The average Bonchev–Trinajstić information content (AvgIpc) is 1.97. The van der Waals surface area contributed by atoms with Gasteiger partial charge in [0.1, 0.15) is 0 Å². The first-order valence-corrected chi connectivity index (χ1v) is 4.11. The molecule has 0 aliphatic heterocycles. The number of rotatable bonds is 7. The fraction of sp³-hybridized carbons (Fsp3) is 1.00. The van der Waals surface area contributed by atoms with Crippen LogP contribution < -0.4 is 5.32 Å². The van der Waals surface area contributed by atoms with Gasteiger partial charge in [-0.25, -0.2) is 0 Å². The van der Waals surface area contributed by atoms with E-state index in [1.165, 1.54) is 19.3 Å². The lowest BCUT2D eigenvalue weighted by molar-refractivity contribution is 0.199. The summed E-state index contributed by atoms with van der Waals surface area (Å²) in [5, 5.41) is 3.30. The van der Waals surface area contributed by atoms with Gasteiger partial charge in [0, 0.05) is 13.7 Å². The molecule has 1 N–H and O–H groups in total. The molecule has 0 fully saturated rings. The highest BCUT2D eigenvalue weighted by Gasteiger charge is 1.85. The van der Waals surface area contributed by atoms with Crippen LogP contribution >= 0.6 is 0 Å². The molecule has 0 rings (SSSR count). The van der Waals surface area contributed by atoms with Crippen LogP contribution in [0.15, 0.2) is 0 Å². The van der Waals surface area contributed by atoms with Crippen LogP contribution in [0.2, 0.25) is 0 Å². The second-order valence-corrected chi connectivity index (χ2v) is 2.45. The Kier molecular flexibility index (Phi) is 8.85. The van der Waals surface area contributed by atoms with E-state index < -0.39 is 0 Å². The standard InChI is InChI=1S/C8H19NO/c1-3-4-5-6-9-7-8-10-2/h9H,3-8H2,1-2H3. The Balaban J connectivity index is 2.65. The molecule has 0 bridgehead atoms. The lowest BCUT2D eigenvalue weighted by Crippen LogP contribution is -2.20. The van der Waals surface area contributed by atoms with Crippen LogP contribution in [-0.4, -0.2) is 26.8 Å². The van der Waals surface area contributed by atoms with Gasteiger partial charge in [-0.3, -0.25) is 0 Å². The highest BCUT2D eigenvalue weighted by Crippen LogP contribution is 1.90. The van der Waals surface area contributed by atoms with E-state index in [0.29, 0.717) is 0 Å². The number of unbranched alkanes of at least 4 members (excludes halogenated alkanes) is 2. The first-order chi connectivity index (χ1) is 4.91. The van der Waals surface area contributed by atoms with E-state index in [-0.39, 0.29) is 0 Å². The molecule has 62 valence electrons. The monoisotopic (exact) mass is 145 g/mol. The van der Waals surface area contributed by atoms with Crippen LogP contribution in [-0.2, 0) is 4.74 Å². The number of methoxy groups -OCH3 is 1. The normalized spacial score (nSPS) is 10.2. The molecule has 0 aromatic heterocycles. The van der Waals surface area contributed by atoms with Gasteiger partial charge in [0.05, 0.1) is 6.61 Å². The molecule has 10 heavy (non-hydrogen) atoms. The lowest BCUT2D eigenvalue weighted by Gasteiger charge is -2.01. The first-order valence-electron chi connectivity index (χ1n) is 4.11. The van der Waals surface area contributed by atoms with Gasteiger partial charge in [-0.1, -0.05) is 19.8 Å². The Labute approximate surface area is 64.0 Å². The second-order valence-electron chi connectivity index (χ2n) is 2.45. The zero-order valence-corrected chi connectivity index (χ0v) is 7.15.